The second-order valence-electron chi connectivity index (χ2n) is 15.4. The molecule has 1 aromatic carbocycles. The van der Waals surface area contributed by atoms with Crippen molar-refractivity contribution in [3.8, 4) is 5.75 Å². The molecule has 0 radical (unpaired) electrons. The third-order valence-corrected chi connectivity index (χ3v) is 14.9. The Balaban J connectivity index is 0.00000567. The number of alkyl carbamates (subject to hydrolysis) is 1. The monoisotopic (exact) mass is 871 g/mol. The number of carboxylic acids is 1. The maximum absolute atomic E-state index is 13.8. The number of hydrogen-bond acceptors (Lipinski definition) is 18. The Morgan fingerprint density at radius 2 is 1.19 bits per heavy atom. The van der Waals surface area contributed by atoms with Crippen molar-refractivity contribution in [2.45, 2.75) is 109 Å². The fourth-order valence-electron chi connectivity index (χ4n) is 7.65. The van der Waals surface area contributed by atoms with Crippen molar-refractivity contribution in [3.05, 3.63) is 29.8 Å². The molecule has 6 fully saturated rings. The second-order valence-corrected chi connectivity index (χ2v) is 20.6. The number of phenols is 1. The van der Waals surface area contributed by atoms with Crippen LogP contribution in [0.25, 0.3) is 0 Å². The van der Waals surface area contributed by atoms with E-state index in [0.717, 1.165) is 50.0 Å². The topological polar surface area (TPSA) is 275 Å². The van der Waals surface area contributed by atoms with Crippen molar-refractivity contribution in [2.75, 3.05) is 0 Å². The first-order valence-electron chi connectivity index (χ1n) is 17.2. The molecular weight excluding hydrogens is 838 g/mol. The molecule has 2 unspecified atom stereocenters. The van der Waals surface area contributed by atoms with E-state index in [-0.39, 0.29) is 40.9 Å². The number of rotatable bonds is 10. The molecule has 24 heteroatoms. The molecule has 0 spiro atoms. The molecule has 6 aliphatic heterocycles. The molecule has 1 aromatic rings. The molecule has 5 amide bonds. The number of carbonyl (C=O) groups is 10. The summed E-state index contributed by atoms with van der Waals surface area (Å²) in [5.41, 5.74) is 0.0388. The Bertz CT molecular complexity index is 2000. The second kappa shape index (κ2) is 14.9. The van der Waals surface area contributed by atoms with Gasteiger partial charge in [0, 0.05) is 14.2 Å². The third kappa shape index (κ3) is 6.99. The fourth-order valence-corrected chi connectivity index (χ4v) is 12.2. The van der Waals surface area contributed by atoms with E-state index in [1.165, 1.54) is 24.3 Å². The zero-order chi connectivity index (χ0) is 41.8. The molecule has 0 aromatic heterocycles. The van der Waals surface area contributed by atoms with Crippen molar-refractivity contribution in [2.24, 2.45) is 0 Å². The first-order valence-corrected chi connectivity index (χ1v) is 19.9. The molecule has 58 heavy (non-hydrogen) atoms. The molecule has 6 saturated heterocycles. The predicted molar refractivity (Wildman–Crippen MR) is 192 cm³/mol. The average Bonchev–Trinajstić information content (AvgIpc) is 3.66. The standard InChI is InChI=1S/C34H35N5O15S3.Na/c1-32(2)17(27(47)48)37-21(44)14(24(37)55-32)35-20(43)13(11-7-9-12(40)10-8-11)36-30(51)54-31(52-28(49)18-33(3,4)56-25-15(41)22(45)38(18)25)53-29(50)19-34(5,6)57-26-16(42)23(46)39(19)26;/h7-10,13-14,17-19,24-26,31,40H,1-6H3,(H,35,43)(H,36,51)(H,47,48);/q;+1/p-1/t13?,14?,17-,18-,19-,24+,25+,26+;/m0./s1. The number of hydrogen-bond donors (Lipinski definition) is 3. The Labute approximate surface area is 363 Å². The number of ketones is 2. The minimum Gasteiger partial charge on any atom is -0.548 e. The Kier molecular flexibility index (Phi) is 11.2. The van der Waals surface area contributed by atoms with Gasteiger partial charge in [-0.1, -0.05) is 12.1 Å². The van der Waals surface area contributed by atoms with E-state index in [4.69, 9.17) is 14.2 Å². The summed E-state index contributed by atoms with van der Waals surface area (Å²) in [6.45, 7) is 6.89. The van der Waals surface area contributed by atoms with Gasteiger partial charge in [0.25, 0.3) is 23.4 Å². The summed E-state index contributed by atoms with van der Waals surface area (Å²) in [7, 11) is 0. The Morgan fingerprint density at radius 3 is 1.66 bits per heavy atom. The van der Waals surface area contributed by atoms with Crippen molar-refractivity contribution in [1.82, 2.24) is 25.3 Å². The number of carbonyl (C=O) groups excluding carboxylic acids is 10. The van der Waals surface area contributed by atoms with Crippen LogP contribution in [0.4, 0.5) is 4.79 Å². The number of nitrogens with one attached hydrogen (secondary N) is 2. The number of aromatic hydroxyl groups is 1. The van der Waals surface area contributed by atoms with Crippen LogP contribution in [-0.2, 0) is 57.4 Å². The van der Waals surface area contributed by atoms with Crippen molar-refractivity contribution in [1.29, 1.82) is 0 Å². The van der Waals surface area contributed by atoms with E-state index in [1.54, 1.807) is 41.5 Å². The van der Waals surface area contributed by atoms with Gasteiger partial charge in [0.05, 0.1) is 12.0 Å². The van der Waals surface area contributed by atoms with Crippen LogP contribution in [0, 0.1) is 0 Å². The zero-order valence-corrected chi connectivity index (χ0v) is 36.2. The molecule has 6 heterocycles. The summed E-state index contributed by atoms with van der Waals surface area (Å²) in [4.78, 5) is 132. The van der Waals surface area contributed by atoms with Gasteiger partial charge < -0.3 is 54.6 Å². The van der Waals surface area contributed by atoms with Gasteiger partial charge >= 0.3 is 54.1 Å². The molecule has 0 bridgehead atoms. The van der Waals surface area contributed by atoms with Crippen LogP contribution in [0.15, 0.2) is 24.3 Å². The van der Waals surface area contributed by atoms with Crippen molar-refractivity contribution in [3.63, 3.8) is 0 Å². The van der Waals surface area contributed by atoms with Crippen LogP contribution in [0.1, 0.15) is 53.1 Å². The van der Waals surface area contributed by atoms with Crippen LogP contribution in [0.5, 0.6) is 5.75 Å². The number of carboxylic acid groups (broad SMARTS) is 1. The van der Waals surface area contributed by atoms with Gasteiger partial charge in [-0.15, -0.1) is 35.3 Å². The number of phenolic OH excluding ortho intramolecular Hbond substituents is 1. The number of aliphatic carboxylic acids is 1. The van der Waals surface area contributed by atoms with Gasteiger partial charge in [0.15, 0.2) is 0 Å². The summed E-state index contributed by atoms with van der Waals surface area (Å²) >= 11 is 3.13. The first kappa shape index (κ1) is 43.5. The third-order valence-electron chi connectivity index (χ3n) is 10.3. The van der Waals surface area contributed by atoms with Gasteiger partial charge in [-0.3, -0.25) is 28.8 Å². The maximum atomic E-state index is 13.8. The number of amides is 5. The molecule has 3 N–H and O–H groups in total. The van der Waals surface area contributed by atoms with Crippen LogP contribution < -0.4 is 45.3 Å². The number of esters is 2. The summed E-state index contributed by atoms with van der Waals surface area (Å²) in [6.07, 6.45) is -1.54. The van der Waals surface area contributed by atoms with Gasteiger partial charge in [-0.05, 0) is 59.2 Å². The Hall–Kier alpha value is -4.03. The number of ether oxygens (including phenoxy) is 3. The SMILES string of the molecule is CC1(C)S[C@@H]2C(=O)C(=O)N2[C@H]1C(=O)OC(OC(=O)NC(C(=O)NC1C(=O)N2[C@@H]1SC(C)(C)[C@@H]2C(=O)[O-])c1ccc(O)cc1)OC(=O)[C@@H]1N2C(=O)C(=O)[C@H]2SC1(C)C.[Na+]. The number of nitrogens with zero attached hydrogens (tertiary/aromatic N) is 3. The fraction of sp³-hybridized carbons (Fsp3) is 0.529. The smallest absolute Gasteiger partial charge is 0.548 e. The van der Waals surface area contributed by atoms with E-state index in [0.29, 0.717) is 0 Å². The van der Waals surface area contributed by atoms with Crippen LogP contribution in [0.3, 0.4) is 0 Å². The normalized spacial score (nSPS) is 29.7. The largest absolute Gasteiger partial charge is 1.00 e. The molecule has 8 atom stereocenters. The molecule has 304 valence electrons. The quantitative estimate of drug-likeness (QED) is 0.0653. The van der Waals surface area contributed by atoms with Gasteiger partial charge in [-0.2, -0.15) is 0 Å². The van der Waals surface area contributed by atoms with Gasteiger partial charge in [0.1, 0.15) is 46.0 Å². The summed E-state index contributed by atoms with van der Waals surface area (Å²) in [5.74, 6) is -9.31. The van der Waals surface area contributed by atoms with Crippen LogP contribution >= 0.6 is 35.3 Å². The zero-order valence-electron chi connectivity index (χ0n) is 31.7. The van der Waals surface area contributed by atoms with Crippen molar-refractivity contribution >= 4 is 94.5 Å². The predicted octanol–water partition coefficient (Wildman–Crippen LogP) is -4.91. The van der Waals surface area contributed by atoms with E-state index in [2.05, 4.69) is 10.6 Å². The molecule has 0 aliphatic carbocycles. The minimum absolute atomic E-state index is 0. The molecule has 6 aliphatic rings. The number of fused-ring (bicyclic) bond motifs is 3. The first-order chi connectivity index (χ1) is 26.5. The Morgan fingerprint density at radius 1 is 0.724 bits per heavy atom. The summed E-state index contributed by atoms with van der Waals surface area (Å²) in [5, 5.41) is 23.7. The van der Waals surface area contributed by atoms with E-state index in [9.17, 15) is 58.2 Å². The van der Waals surface area contributed by atoms with Crippen LogP contribution in [0.2, 0.25) is 0 Å². The molecular formula is C34H34N5NaO15S3. The van der Waals surface area contributed by atoms with Gasteiger partial charge in [0.2, 0.25) is 11.8 Å². The van der Waals surface area contributed by atoms with E-state index < -0.39 is 126 Å². The molecule has 20 nitrogen and oxygen atoms in total. The summed E-state index contributed by atoms with van der Waals surface area (Å²) < 4.78 is 12.8. The molecule has 7 rings (SSSR count). The van der Waals surface area contributed by atoms with E-state index >= 15 is 0 Å². The summed E-state index contributed by atoms with van der Waals surface area (Å²) in [6, 6.07) is -2.15. The van der Waals surface area contributed by atoms with Gasteiger partial charge in [-0.25, -0.2) is 14.4 Å². The molecule has 0 saturated carbocycles. The average molecular weight is 872 g/mol. The number of thioether (sulfide) groups is 3. The van der Waals surface area contributed by atoms with Crippen molar-refractivity contribution < 1.29 is 102 Å². The maximum Gasteiger partial charge on any atom is 1.00 e. The van der Waals surface area contributed by atoms with Crippen LogP contribution in [-0.4, -0.2) is 140 Å². The minimum atomic E-state index is -2.53. The number of benzene rings is 1. The number of Topliss-reactive ketones (excluding diaryl/α,β-unsaturated/α-hetero) is 2. The number of β-lactam (4-membered cyclic amide) rings is 3. The van der Waals surface area contributed by atoms with E-state index in [1.807, 2.05) is 0 Å².